The predicted molar refractivity (Wildman–Crippen MR) is 75.2 cm³/mol. The summed E-state index contributed by atoms with van der Waals surface area (Å²) >= 11 is 0. The largest absolute Gasteiger partial charge is 0.396 e. The third-order valence-electron chi connectivity index (χ3n) is 3.43. The lowest BCUT2D eigenvalue weighted by Gasteiger charge is -2.30. The maximum atomic E-state index is 11.7. The summed E-state index contributed by atoms with van der Waals surface area (Å²) in [4.78, 5) is 11.7. The quantitative estimate of drug-likeness (QED) is 0.620. The van der Waals surface area contributed by atoms with Crippen molar-refractivity contribution in [3.8, 4) is 0 Å². The number of aliphatic hydroxyl groups excluding tert-OH is 1. The fraction of sp³-hybridized carbons (Fsp3) is 0.929. The Morgan fingerprint density at radius 2 is 1.89 bits per heavy atom. The zero-order valence-corrected chi connectivity index (χ0v) is 12.3. The minimum atomic E-state index is 0.0464. The molecular formula is C14H30N2O2. The second-order valence-electron chi connectivity index (χ2n) is 6.16. The molecule has 0 aromatic carbocycles. The van der Waals surface area contributed by atoms with Crippen LogP contribution in [-0.4, -0.2) is 30.2 Å². The second kappa shape index (κ2) is 8.48. The van der Waals surface area contributed by atoms with Gasteiger partial charge in [0.05, 0.1) is 0 Å². The van der Waals surface area contributed by atoms with Gasteiger partial charge < -0.3 is 16.2 Å². The number of hydrogen-bond acceptors (Lipinski definition) is 3. The van der Waals surface area contributed by atoms with Crippen molar-refractivity contribution >= 4 is 5.91 Å². The number of carbonyl (C=O) groups excluding carboxylic acids is 1. The average Bonchev–Trinajstić information content (AvgIpc) is 2.22. The Hall–Kier alpha value is -0.610. The summed E-state index contributed by atoms with van der Waals surface area (Å²) in [5.74, 6) is 0.545. The summed E-state index contributed by atoms with van der Waals surface area (Å²) in [6, 6.07) is 0.0464. The molecule has 18 heavy (non-hydrogen) atoms. The Labute approximate surface area is 111 Å². The van der Waals surface area contributed by atoms with Gasteiger partial charge >= 0.3 is 0 Å². The van der Waals surface area contributed by atoms with E-state index >= 15 is 0 Å². The minimum Gasteiger partial charge on any atom is -0.396 e. The number of rotatable bonds is 8. The standard InChI is InChI=1S/C14H30N2O2/c1-11(8-10-17)16-13(18)6-5-12(7-9-15)14(2,3)4/h11-12,17H,5-10,15H2,1-4H3,(H,16,18). The Bertz CT molecular complexity index is 236. The van der Waals surface area contributed by atoms with Crippen molar-refractivity contribution in [3.63, 3.8) is 0 Å². The molecule has 108 valence electrons. The van der Waals surface area contributed by atoms with Gasteiger partial charge in [-0.3, -0.25) is 4.79 Å². The van der Waals surface area contributed by atoms with Gasteiger partial charge in [-0.1, -0.05) is 20.8 Å². The molecule has 1 amide bonds. The van der Waals surface area contributed by atoms with Crippen LogP contribution >= 0.6 is 0 Å². The lowest BCUT2D eigenvalue weighted by molar-refractivity contribution is -0.122. The molecule has 0 aliphatic rings. The summed E-state index contributed by atoms with van der Waals surface area (Å²) in [6.07, 6.45) is 2.98. The van der Waals surface area contributed by atoms with E-state index in [4.69, 9.17) is 10.8 Å². The molecule has 0 spiro atoms. The molecule has 2 atom stereocenters. The normalized spacial score (nSPS) is 15.2. The molecular weight excluding hydrogens is 228 g/mol. The molecule has 0 heterocycles. The summed E-state index contributed by atoms with van der Waals surface area (Å²) in [7, 11) is 0. The van der Waals surface area contributed by atoms with E-state index < -0.39 is 0 Å². The lowest BCUT2D eigenvalue weighted by Crippen LogP contribution is -2.34. The van der Waals surface area contributed by atoms with E-state index in [0.29, 0.717) is 25.3 Å². The summed E-state index contributed by atoms with van der Waals surface area (Å²) in [6.45, 7) is 9.28. The van der Waals surface area contributed by atoms with Crippen LogP contribution in [0.3, 0.4) is 0 Å². The van der Waals surface area contributed by atoms with Crippen LogP contribution in [-0.2, 0) is 4.79 Å². The molecule has 4 heteroatoms. The first kappa shape index (κ1) is 17.4. The van der Waals surface area contributed by atoms with Crippen molar-refractivity contribution in [3.05, 3.63) is 0 Å². The molecule has 0 aromatic rings. The topological polar surface area (TPSA) is 75.3 Å². The van der Waals surface area contributed by atoms with Crippen LogP contribution in [0.5, 0.6) is 0 Å². The number of hydrogen-bond donors (Lipinski definition) is 3. The van der Waals surface area contributed by atoms with E-state index in [1.54, 1.807) is 0 Å². The monoisotopic (exact) mass is 258 g/mol. The molecule has 0 bridgehead atoms. The predicted octanol–water partition coefficient (Wildman–Crippen LogP) is 1.66. The third kappa shape index (κ3) is 7.67. The minimum absolute atomic E-state index is 0.0464. The van der Waals surface area contributed by atoms with E-state index in [-0.39, 0.29) is 24.0 Å². The number of nitrogens with one attached hydrogen (secondary N) is 1. The van der Waals surface area contributed by atoms with E-state index in [0.717, 1.165) is 12.8 Å². The van der Waals surface area contributed by atoms with Crippen molar-refractivity contribution in [2.75, 3.05) is 13.2 Å². The molecule has 0 saturated carbocycles. The van der Waals surface area contributed by atoms with Gasteiger partial charge in [-0.25, -0.2) is 0 Å². The Balaban J connectivity index is 4.07. The zero-order chi connectivity index (χ0) is 14.2. The maximum Gasteiger partial charge on any atom is 0.220 e. The van der Waals surface area contributed by atoms with E-state index in [2.05, 4.69) is 26.1 Å². The highest BCUT2D eigenvalue weighted by Gasteiger charge is 2.24. The zero-order valence-electron chi connectivity index (χ0n) is 12.3. The highest BCUT2D eigenvalue weighted by atomic mass is 16.3. The van der Waals surface area contributed by atoms with Crippen LogP contribution in [0.4, 0.5) is 0 Å². The van der Waals surface area contributed by atoms with Crippen LogP contribution in [0.25, 0.3) is 0 Å². The SMILES string of the molecule is CC(CCO)NC(=O)CCC(CCN)C(C)(C)C. The molecule has 0 aliphatic carbocycles. The first-order valence-corrected chi connectivity index (χ1v) is 6.91. The number of nitrogens with two attached hydrogens (primary N) is 1. The molecule has 0 aliphatic heterocycles. The van der Waals surface area contributed by atoms with Crippen molar-refractivity contribution in [1.29, 1.82) is 0 Å². The van der Waals surface area contributed by atoms with Gasteiger partial charge in [-0.15, -0.1) is 0 Å². The smallest absolute Gasteiger partial charge is 0.220 e. The third-order valence-corrected chi connectivity index (χ3v) is 3.43. The van der Waals surface area contributed by atoms with Crippen LogP contribution in [0.1, 0.15) is 53.4 Å². The van der Waals surface area contributed by atoms with Crippen LogP contribution in [0.2, 0.25) is 0 Å². The molecule has 2 unspecified atom stereocenters. The van der Waals surface area contributed by atoms with Crippen LogP contribution in [0, 0.1) is 11.3 Å². The fourth-order valence-corrected chi connectivity index (χ4v) is 2.13. The van der Waals surface area contributed by atoms with Gasteiger partial charge in [0.1, 0.15) is 0 Å². The van der Waals surface area contributed by atoms with Crippen LogP contribution < -0.4 is 11.1 Å². The molecule has 0 aromatic heterocycles. The van der Waals surface area contributed by atoms with Gasteiger partial charge in [-0.2, -0.15) is 0 Å². The molecule has 0 fully saturated rings. The molecule has 4 N–H and O–H groups in total. The van der Waals surface area contributed by atoms with Crippen LogP contribution in [0.15, 0.2) is 0 Å². The summed E-state index contributed by atoms with van der Waals surface area (Å²) in [5, 5.41) is 11.7. The second-order valence-corrected chi connectivity index (χ2v) is 6.16. The van der Waals surface area contributed by atoms with Crippen molar-refractivity contribution in [2.24, 2.45) is 17.1 Å². The Kier molecular flexibility index (Phi) is 8.20. The maximum absolute atomic E-state index is 11.7. The first-order chi connectivity index (χ1) is 8.31. The highest BCUT2D eigenvalue weighted by Crippen LogP contribution is 2.31. The molecule has 4 nitrogen and oxygen atoms in total. The lowest BCUT2D eigenvalue weighted by atomic mass is 9.76. The van der Waals surface area contributed by atoms with E-state index in [1.165, 1.54) is 0 Å². The van der Waals surface area contributed by atoms with E-state index in [1.807, 2.05) is 6.92 Å². The Morgan fingerprint density at radius 1 is 1.28 bits per heavy atom. The molecule has 0 radical (unpaired) electrons. The number of aliphatic hydroxyl groups is 1. The number of carbonyl (C=O) groups is 1. The Morgan fingerprint density at radius 3 is 2.33 bits per heavy atom. The average molecular weight is 258 g/mol. The van der Waals surface area contributed by atoms with Gasteiger partial charge in [0.25, 0.3) is 0 Å². The van der Waals surface area contributed by atoms with Crippen molar-refractivity contribution < 1.29 is 9.90 Å². The van der Waals surface area contributed by atoms with Crippen molar-refractivity contribution in [2.45, 2.75) is 59.4 Å². The van der Waals surface area contributed by atoms with E-state index in [9.17, 15) is 4.79 Å². The number of amides is 1. The van der Waals surface area contributed by atoms with Gasteiger partial charge in [0, 0.05) is 19.1 Å². The summed E-state index contributed by atoms with van der Waals surface area (Å²) < 4.78 is 0. The van der Waals surface area contributed by atoms with Gasteiger partial charge in [0.15, 0.2) is 0 Å². The van der Waals surface area contributed by atoms with Crippen molar-refractivity contribution in [1.82, 2.24) is 5.32 Å². The van der Waals surface area contributed by atoms with Gasteiger partial charge in [-0.05, 0) is 44.1 Å². The van der Waals surface area contributed by atoms with Gasteiger partial charge in [0.2, 0.25) is 5.91 Å². The highest BCUT2D eigenvalue weighted by molar-refractivity contribution is 5.76. The molecule has 0 rings (SSSR count). The molecule has 0 saturated heterocycles. The first-order valence-electron chi connectivity index (χ1n) is 6.91. The fourth-order valence-electron chi connectivity index (χ4n) is 2.13. The summed E-state index contributed by atoms with van der Waals surface area (Å²) in [5.41, 5.74) is 5.82.